The van der Waals surface area contributed by atoms with E-state index in [0.29, 0.717) is 13.1 Å². The van der Waals surface area contributed by atoms with Gasteiger partial charge < -0.3 is 10.6 Å². The van der Waals surface area contributed by atoms with Gasteiger partial charge in [-0.2, -0.15) is 5.26 Å². The van der Waals surface area contributed by atoms with Gasteiger partial charge >= 0.3 is 6.03 Å². The summed E-state index contributed by atoms with van der Waals surface area (Å²) in [4.78, 5) is 12.2. The minimum Gasteiger partial charge on any atom is -0.351 e. The zero-order valence-electron chi connectivity index (χ0n) is 6.29. The highest BCUT2D eigenvalue weighted by atomic mass is 16.2. The second kappa shape index (κ2) is 3.24. The second-order valence-corrected chi connectivity index (χ2v) is 2.73. The van der Waals surface area contributed by atoms with Crippen molar-refractivity contribution in [2.45, 2.75) is 12.8 Å². The summed E-state index contributed by atoms with van der Waals surface area (Å²) in [6, 6.07) is 1.81. The molecule has 4 nitrogen and oxygen atoms in total. The summed E-state index contributed by atoms with van der Waals surface area (Å²) < 4.78 is 0. The second-order valence-electron chi connectivity index (χ2n) is 2.73. The Hall–Kier alpha value is -1.24. The zero-order chi connectivity index (χ0) is 8.27. The maximum Gasteiger partial charge on any atom is 0.314 e. The number of carbonyl (C=O) groups is 1. The van der Waals surface area contributed by atoms with Crippen LogP contribution >= 0.6 is 0 Å². The van der Waals surface area contributed by atoms with Crippen molar-refractivity contribution >= 4 is 6.03 Å². The van der Waals surface area contributed by atoms with E-state index >= 15 is 0 Å². The lowest BCUT2D eigenvalue weighted by Gasteiger charge is -2.27. The zero-order valence-corrected chi connectivity index (χ0v) is 6.29. The number of hydrogen-bond acceptors (Lipinski definition) is 2. The van der Waals surface area contributed by atoms with Crippen molar-refractivity contribution in [1.29, 1.82) is 5.26 Å². The first-order valence-electron chi connectivity index (χ1n) is 3.68. The standard InChI is InChI=1S/C7H11N3O/c8-5-6-1-3-10(4-2-6)7(9)11/h6H,1-4H2,(H2,9,11). The summed E-state index contributed by atoms with van der Waals surface area (Å²) >= 11 is 0. The van der Waals surface area contributed by atoms with E-state index in [1.165, 1.54) is 0 Å². The number of nitrogens with zero attached hydrogens (tertiary/aromatic N) is 2. The highest BCUT2D eigenvalue weighted by molar-refractivity contribution is 5.72. The fourth-order valence-corrected chi connectivity index (χ4v) is 1.23. The molecule has 0 atom stereocenters. The van der Waals surface area contributed by atoms with E-state index < -0.39 is 0 Å². The van der Waals surface area contributed by atoms with Gasteiger partial charge in [0.25, 0.3) is 0 Å². The number of nitrogens with two attached hydrogens (primary N) is 1. The van der Waals surface area contributed by atoms with Crippen LogP contribution in [0.2, 0.25) is 0 Å². The van der Waals surface area contributed by atoms with Crippen molar-refractivity contribution in [3.8, 4) is 6.07 Å². The third kappa shape index (κ3) is 1.84. The van der Waals surface area contributed by atoms with Gasteiger partial charge in [0.1, 0.15) is 0 Å². The number of piperidine rings is 1. The molecule has 1 saturated heterocycles. The van der Waals surface area contributed by atoms with Gasteiger partial charge in [-0.15, -0.1) is 0 Å². The molecule has 1 heterocycles. The average molecular weight is 153 g/mol. The molecule has 0 aromatic heterocycles. The first-order valence-corrected chi connectivity index (χ1v) is 3.68. The Bertz CT molecular complexity index is 188. The van der Waals surface area contributed by atoms with Crippen LogP contribution in [0.5, 0.6) is 0 Å². The molecule has 0 unspecified atom stereocenters. The smallest absolute Gasteiger partial charge is 0.314 e. The number of carbonyl (C=O) groups excluding carboxylic acids is 1. The third-order valence-electron chi connectivity index (χ3n) is 1.99. The summed E-state index contributed by atoms with van der Waals surface area (Å²) in [6.45, 7) is 1.27. The molecule has 0 aliphatic carbocycles. The molecule has 2 amide bonds. The summed E-state index contributed by atoms with van der Waals surface area (Å²) in [5.41, 5.74) is 5.06. The lowest BCUT2D eigenvalue weighted by molar-refractivity contribution is 0.188. The molecule has 11 heavy (non-hydrogen) atoms. The molecular weight excluding hydrogens is 142 g/mol. The quantitative estimate of drug-likeness (QED) is 0.543. The molecule has 0 radical (unpaired) electrons. The summed E-state index contributed by atoms with van der Waals surface area (Å²) in [7, 11) is 0. The molecule has 0 aromatic rings. The molecule has 0 aromatic carbocycles. The average Bonchev–Trinajstić information content (AvgIpc) is 2.05. The van der Waals surface area contributed by atoms with Gasteiger partial charge in [-0.05, 0) is 12.8 Å². The first kappa shape index (κ1) is 7.86. The molecule has 0 bridgehead atoms. The van der Waals surface area contributed by atoms with Crippen LogP contribution in [0.15, 0.2) is 0 Å². The molecule has 2 N–H and O–H groups in total. The number of hydrogen-bond donors (Lipinski definition) is 1. The topological polar surface area (TPSA) is 70.1 Å². The van der Waals surface area contributed by atoms with Gasteiger partial charge in [0, 0.05) is 19.0 Å². The predicted molar refractivity (Wildman–Crippen MR) is 39.5 cm³/mol. The third-order valence-corrected chi connectivity index (χ3v) is 1.99. The molecule has 0 saturated carbocycles. The fraction of sp³-hybridized carbons (Fsp3) is 0.714. The van der Waals surface area contributed by atoms with E-state index in [9.17, 15) is 4.79 Å². The van der Waals surface area contributed by atoms with Crippen LogP contribution in [0.3, 0.4) is 0 Å². The molecule has 60 valence electrons. The minimum atomic E-state index is -0.374. The van der Waals surface area contributed by atoms with Crippen molar-refractivity contribution < 1.29 is 4.79 Å². The van der Waals surface area contributed by atoms with Crippen LogP contribution in [0.1, 0.15) is 12.8 Å². The molecule has 0 spiro atoms. The number of urea groups is 1. The van der Waals surface area contributed by atoms with Crippen LogP contribution in [-0.2, 0) is 0 Å². The lowest BCUT2D eigenvalue weighted by atomic mass is 9.99. The maximum atomic E-state index is 10.6. The van der Waals surface area contributed by atoms with Gasteiger partial charge in [0.2, 0.25) is 0 Å². The van der Waals surface area contributed by atoms with Crippen molar-refractivity contribution in [3.63, 3.8) is 0 Å². The Balaban J connectivity index is 2.37. The largest absolute Gasteiger partial charge is 0.351 e. The Morgan fingerprint density at radius 1 is 1.55 bits per heavy atom. The van der Waals surface area contributed by atoms with Gasteiger partial charge in [0.15, 0.2) is 0 Å². The van der Waals surface area contributed by atoms with Crippen molar-refractivity contribution in [2.24, 2.45) is 11.7 Å². The molecule has 1 aliphatic rings. The summed E-state index contributed by atoms with van der Waals surface area (Å²) in [5, 5.41) is 8.53. The van der Waals surface area contributed by atoms with Crippen molar-refractivity contribution in [3.05, 3.63) is 0 Å². The summed E-state index contributed by atoms with van der Waals surface area (Å²) in [6.07, 6.45) is 1.53. The lowest BCUT2D eigenvalue weighted by Crippen LogP contribution is -2.41. The minimum absolute atomic E-state index is 0.116. The molecule has 1 fully saturated rings. The normalized spacial score (nSPS) is 19.4. The van der Waals surface area contributed by atoms with E-state index in [4.69, 9.17) is 11.0 Å². The maximum absolute atomic E-state index is 10.6. The van der Waals surface area contributed by atoms with E-state index in [1.54, 1.807) is 4.90 Å². The number of nitriles is 1. The van der Waals surface area contributed by atoms with Crippen LogP contribution < -0.4 is 5.73 Å². The van der Waals surface area contributed by atoms with Gasteiger partial charge in [-0.25, -0.2) is 4.79 Å². The van der Waals surface area contributed by atoms with E-state index in [-0.39, 0.29) is 11.9 Å². The molecular formula is C7H11N3O. The SMILES string of the molecule is N#CC1CCN(C(N)=O)CC1. The van der Waals surface area contributed by atoms with Gasteiger partial charge in [-0.3, -0.25) is 0 Å². The number of amides is 2. The van der Waals surface area contributed by atoms with Gasteiger partial charge in [0.05, 0.1) is 6.07 Å². The number of likely N-dealkylation sites (tertiary alicyclic amines) is 1. The van der Waals surface area contributed by atoms with E-state index in [1.807, 2.05) is 0 Å². The Morgan fingerprint density at radius 3 is 2.45 bits per heavy atom. The highest BCUT2D eigenvalue weighted by Crippen LogP contribution is 2.15. The van der Waals surface area contributed by atoms with Crippen LogP contribution in [0.4, 0.5) is 4.79 Å². The Labute approximate surface area is 65.6 Å². The van der Waals surface area contributed by atoms with E-state index in [0.717, 1.165) is 12.8 Å². The van der Waals surface area contributed by atoms with Crippen LogP contribution in [0, 0.1) is 17.2 Å². The molecule has 1 aliphatic heterocycles. The predicted octanol–water partition coefficient (Wildman–Crippen LogP) is 0.301. The monoisotopic (exact) mass is 153 g/mol. The number of rotatable bonds is 0. The number of primary amides is 1. The molecule has 1 rings (SSSR count). The fourth-order valence-electron chi connectivity index (χ4n) is 1.23. The van der Waals surface area contributed by atoms with E-state index in [2.05, 4.69) is 6.07 Å². The first-order chi connectivity index (χ1) is 5.24. The van der Waals surface area contributed by atoms with Crippen molar-refractivity contribution in [2.75, 3.05) is 13.1 Å². The Morgan fingerprint density at radius 2 is 2.09 bits per heavy atom. The highest BCUT2D eigenvalue weighted by Gasteiger charge is 2.20. The van der Waals surface area contributed by atoms with Gasteiger partial charge in [-0.1, -0.05) is 0 Å². The molecule has 4 heteroatoms. The van der Waals surface area contributed by atoms with Crippen LogP contribution in [-0.4, -0.2) is 24.0 Å². The van der Waals surface area contributed by atoms with Crippen LogP contribution in [0.25, 0.3) is 0 Å². The summed E-state index contributed by atoms with van der Waals surface area (Å²) in [5.74, 6) is 0.116. The van der Waals surface area contributed by atoms with Crippen molar-refractivity contribution in [1.82, 2.24) is 4.90 Å². The Kier molecular flexibility index (Phi) is 2.32.